The van der Waals surface area contributed by atoms with Gasteiger partial charge in [-0.15, -0.1) is 0 Å². The van der Waals surface area contributed by atoms with Crippen molar-refractivity contribution in [3.63, 3.8) is 0 Å². The van der Waals surface area contributed by atoms with Crippen LogP contribution in [-0.4, -0.2) is 57.6 Å². The molecule has 0 unspecified atom stereocenters. The summed E-state index contributed by atoms with van der Waals surface area (Å²) in [6, 6.07) is 15.7. The minimum atomic E-state index is -0.111. The van der Waals surface area contributed by atoms with Gasteiger partial charge in [-0.25, -0.2) is 9.97 Å². The first-order valence-corrected chi connectivity index (χ1v) is 12.3. The molecule has 4 rings (SSSR count). The van der Waals surface area contributed by atoms with Crippen LogP contribution in [0.25, 0.3) is 16.9 Å². The molecule has 2 N–H and O–H groups in total. The lowest BCUT2D eigenvalue weighted by Gasteiger charge is -2.15. The van der Waals surface area contributed by atoms with Crippen molar-refractivity contribution in [2.45, 2.75) is 25.8 Å². The molecule has 0 fully saturated rings. The lowest BCUT2D eigenvalue weighted by Crippen LogP contribution is -2.25. The highest BCUT2D eigenvalue weighted by molar-refractivity contribution is 5.97. The molecule has 0 saturated heterocycles. The van der Waals surface area contributed by atoms with E-state index in [0.29, 0.717) is 23.7 Å². The van der Waals surface area contributed by atoms with Gasteiger partial charge in [0, 0.05) is 37.9 Å². The topological polar surface area (TPSA) is 97.2 Å². The number of nitrogens with zero attached hydrogens (tertiary/aromatic N) is 5. The Labute approximate surface area is 217 Å². The van der Waals surface area contributed by atoms with Crippen LogP contribution in [0.2, 0.25) is 0 Å². The van der Waals surface area contributed by atoms with Gasteiger partial charge in [-0.3, -0.25) is 14.3 Å². The molecule has 2 heterocycles. The molecule has 1 amide bonds. The summed E-state index contributed by atoms with van der Waals surface area (Å²) >= 11 is 0. The number of unbranched alkanes of at least 4 members (excludes halogenated alkanes) is 1. The van der Waals surface area contributed by atoms with Gasteiger partial charge in [-0.2, -0.15) is 0 Å². The van der Waals surface area contributed by atoms with Crippen molar-refractivity contribution in [1.29, 1.82) is 0 Å². The summed E-state index contributed by atoms with van der Waals surface area (Å²) in [5.41, 5.74) is 3.31. The molecular formula is C28H33N7O2. The van der Waals surface area contributed by atoms with Gasteiger partial charge >= 0.3 is 0 Å². The molecule has 9 heteroatoms. The Bertz CT molecular complexity index is 1340. The molecule has 9 nitrogen and oxygen atoms in total. The van der Waals surface area contributed by atoms with Crippen molar-refractivity contribution in [3.8, 4) is 5.82 Å². The van der Waals surface area contributed by atoms with Crippen molar-refractivity contribution in [1.82, 2.24) is 29.7 Å². The average molecular weight is 500 g/mol. The van der Waals surface area contributed by atoms with Gasteiger partial charge in [0.1, 0.15) is 12.1 Å². The second-order valence-corrected chi connectivity index (χ2v) is 8.82. The molecule has 0 radical (unpaired) electrons. The monoisotopic (exact) mass is 499 g/mol. The van der Waals surface area contributed by atoms with E-state index >= 15 is 0 Å². The third-order valence-electron chi connectivity index (χ3n) is 6.02. The van der Waals surface area contributed by atoms with Crippen molar-refractivity contribution in [3.05, 3.63) is 90.8 Å². The van der Waals surface area contributed by atoms with Crippen LogP contribution >= 0.6 is 0 Å². The Balaban J connectivity index is 1.41. The van der Waals surface area contributed by atoms with E-state index in [1.807, 2.05) is 48.1 Å². The van der Waals surface area contributed by atoms with E-state index in [2.05, 4.69) is 44.6 Å². The number of rotatable bonds is 12. The first-order chi connectivity index (χ1) is 18.0. The van der Waals surface area contributed by atoms with Crippen molar-refractivity contribution < 1.29 is 9.53 Å². The summed E-state index contributed by atoms with van der Waals surface area (Å²) < 4.78 is 6.77. The lowest BCUT2D eigenvalue weighted by molar-refractivity contribution is 0.0953. The number of ether oxygens (including phenoxy) is 1. The molecule has 0 aliphatic heterocycles. The number of carbonyl (C=O) groups excluding carboxylic acids is 1. The van der Waals surface area contributed by atoms with E-state index in [4.69, 9.17) is 9.72 Å². The number of nitrogens with one attached hydrogen (secondary N) is 2. The number of benzene rings is 2. The van der Waals surface area contributed by atoms with Crippen molar-refractivity contribution in [2.75, 3.05) is 32.6 Å². The molecule has 2 aromatic carbocycles. The predicted molar refractivity (Wildman–Crippen MR) is 145 cm³/mol. The largest absolute Gasteiger partial charge is 0.503 e. The maximum atomic E-state index is 12.8. The number of anilines is 1. The molecule has 0 aliphatic rings. The zero-order chi connectivity index (χ0) is 26.0. The molecule has 37 heavy (non-hydrogen) atoms. The molecular weight excluding hydrogens is 466 g/mol. The number of aromatic nitrogens is 4. The molecule has 0 saturated carbocycles. The van der Waals surface area contributed by atoms with Gasteiger partial charge in [0.15, 0.2) is 5.82 Å². The van der Waals surface area contributed by atoms with E-state index in [0.717, 1.165) is 36.0 Å². The SMILES string of the molecule is CO/C=C\N(C)CCCCNC(=O)c1ccc2ncn(-c3cncc(N[C@@H](C)c4ccccc4)n3)c2c1. The van der Waals surface area contributed by atoms with Crippen LogP contribution in [0.5, 0.6) is 0 Å². The van der Waals surface area contributed by atoms with Crippen LogP contribution < -0.4 is 10.6 Å². The minimum absolute atomic E-state index is 0.0720. The fourth-order valence-corrected chi connectivity index (χ4v) is 3.95. The number of methoxy groups -OCH3 is 1. The first kappa shape index (κ1) is 25.7. The number of hydrogen-bond donors (Lipinski definition) is 2. The summed E-state index contributed by atoms with van der Waals surface area (Å²) in [5, 5.41) is 6.41. The number of hydrogen-bond acceptors (Lipinski definition) is 7. The number of imidazole rings is 1. The lowest BCUT2D eigenvalue weighted by atomic mass is 10.1. The Morgan fingerprint density at radius 3 is 2.81 bits per heavy atom. The van der Waals surface area contributed by atoms with Crippen LogP contribution in [0.15, 0.2) is 79.7 Å². The van der Waals surface area contributed by atoms with Gasteiger partial charge in [0.25, 0.3) is 5.91 Å². The van der Waals surface area contributed by atoms with E-state index < -0.39 is 0 Å². The van der Waals surface area contributed by atoms with Crippen LogP contribution in [0.1, 0.15) is 41.7 Å². The maximum Gasteiger partial charge on any atom is 0.251 e. The molecule has 4 aromatic rings. The third-order valence-corrected chi connectivity index (χ3v) is 6.02. The Morgan fingerprint density at radius 2 is 2.00 bits per heavy atom. The maximum absolute atomic E-state index is 12.8. The van der Waals surface area contributed by atoms with Crippen LogP contribution in [0.3, 0.4) is 0 Å². The molecule has 192 valence electrons. The smallest absolute Gasteiger partial charge is 0.251 e. The van der Waals surface area contributed by atoms with E-state index in [-0.39, 0.29) is 11.9 Å². The predicted octanol–water partition coefficient (Wildman–Crippen LogP) is 4.55. The van der Waals surface area contributed by atoms with Crippen LogP contribution in [-0.2, 0) is 4.74 Å². The van der Waals surface area contributed by atoms with Crippen LogP contribution in [0.4, 0.5) is 5.82 Å². The Morgan fingerprint density at radius 1 is 1.16 bits per heavy atom. The number of amides is 1. The molecule has 2 aromatic heterocycles. The van der Waals surface area contributed by atoms with E-state index in [9.17, 15) is 4.79 Å². The fourth-order valence-electron chi connectivity index (χ4n) is 3.95. The normalized spacial score (nSPS) is 12.0. The first-order valence-electron chi connectivity index (χ1n) is 12.3. The minimum Gasteiger partial charge on any atom is -0.503 e. The summed E-state index contributed by atoms with van der Waals surface area (Å²) in [4.78, 5) is 28.4. The van der Waals surface area contributed by atoms with Crippen molar-refractivity contribution in [2.24, 2.45) is 0 Å². The van der Waals surface area contributed by atoms with E-state index in [1.54, 1.807) is 38.2 Å². The van der Waals surface area contributed by atoms with Gasteiger partial charge in [-0.05, 0) is 43.5 Å². The van der Waals surface area contributed by atoms with Crippen molar-refractivity contribution >= 4 is 22.8 Å². The second-order valence-electron chi connectivity index (χ2n) is 8.82. The summed E-state index contributed by atoms with van der Waals surface area (Å²) in [6.07, 6.45) is 10.5. The average Bonchev–Trinajstić information content (AvgIpc) is 3.35. The Hall–Kier alpha value is -4.40. The zero-order valence-corrected chi connectivity index (χ0v) is 21.5. The summed E-state index contributed by atoms with van der Waals surface area (Å²) in [6.45, 7) is 3.58. The van der Waals surface area contributed by atoms with Gasteiger partial charge in [0.05, 0.1) is 36.8 Å². The van der Waals surface area contributed by atoms with Gasteiger partial charge < -0.3 is 20.3 Å². The molecule has 1 atom stereocenters. The summed E-state index contributed by atoms with van der Waals surface area (Å²) in [5.74, 6) is 1.17. The highest BCUT2D eigenvalue weighted by Gasteiger charge is 2.12. The third kappa shape index (κ3) is 6.84. The molecule has 0 aliphatic carbocycles. The molecule has 0 bridgehead atoms. The fraction of sp³-hybridized carbons (Fsp3) is 0.286. The number of carbonyl (C=O) groups is 1. The standard InChI is InChI=1S/C28H33N7O2/c1-21(22-9-5-4-6-10-22)32-26-18-29-19-27(33-26)35-20-31-24-12-11-23(17-25(24)35)28(36)30-13-7-8-14-34(2)15-16-37-3/h4-6,9-12,15-21H,7-8,13-14H2,1-3H3,(H,30,36)(H,32,33)/b16-15-/t21-/m0/s1. The summed E-state index contributed by atoms with van der Waals surface area (Å²) in [7, 11) is 3.62. The van der Waals surface area contributed by atoms with Gasteiger partial charge in [0.2, 0.25) is 0 Å². The van der Waals surface area contributed by atoms with E-state index in [1.165, 1.54) is 0 Å². The molecule has 0 spiro atoms. The number of fused-ring (bicyclic) bond motifs is 1. The quantitative estimate of drug-likeness (QED) is 0.218. The second kappa shape index (κ2) is 12.5. The highest BCUT2D eigenvalue weighted by Crippen LogP contribution is 2.21. The Kier molecular flexibility index (Phi) is 8.70. The van der Waals surface area contributed by atoms with Gasteiger partial charge in [-0.1, -0.05) is 30.3 Å². The highest BCUT2D eigenvalue weighted by atomic mass is 16.5. The van der Waals surface area contributed by atoms with Crippen LogP contribution in [0, 0.1) is 0 Å². The zero-order valence-electron chi connectivity index (χ0n) is 21.5.